The van der Waals surface area contributed by atoms with Gasteiger partial charge in [0.2, 0.25) is 11.8 Å². The Hall–Kier alpha value is -2.74. The number of anilines is 2. The summed E-state index contributed by atoms with van der Waals surface area (Å²) in [5, 5.41) is 11.1. The number of nitro groups is 1. The fraction of sp³-hybridized carbons (Fsp3) is 0.300. The number of aryl methyl sites for hydroxylation is 1. The molecule has 2 aliphatic heterocycles. The van der Waals surface area contributed by atoms with Crippen molar-refractivity contribution in [3.05, 3.63) is 62.1 Å². The molecule has 0 aromatic heterocycles. The van der Waals surface area contributed by atoms with Crippen LogP contribution in [0.3, 0.4) is 0 Å². The summed E-state index contributed by atoms with van der Waals surface area (Å²) in [6.45, 7) is 2.75. The zero-order chi connectivity index (χ0) is 20.0. The Morgan fingerprint density at radius 3 is 2.75 bits per heavy atom. The molecule has 1 fully saturated rings. The number of fused-ring (bicyclic) bond motifs is 1. The predicted octanol–water partition coefficient (Wildman–Crippen LogP) is 3.61. The number of halogens is 1. The number of nitrogens with zero attached hydrogens (tertiary/aromatic N) is 3. The lowest BCUT2D eigenvalue weighted by atomic mass is 10.1. The number of nitro benzene ring substituents is 1. The van der Waals surface area contributed by atoms with E-state index in [-0.39, 0.29) is 23.9 Å². The van der Waals surface area contributed by atoms with E-state index in [1.807, 2.05) is 25.1 Å². The number of non-ortho nitro benzene ring substituents is 1. The van der Waals surface area contributed by atoms with Gasteiger partial charge in [0.15, 0.2) is 0 Å². The maximum absolute atomic E-state index is 13.1. The molecule has 2 aliphatic rings. The van der Waals surface area contributed by atoms with E-state index in [0.717, 1.165) is 21.3 Å². The van der Waals surface area contributed by atoms with Crippen molar-refractivity contribution < 1.29 is 14.5 Å². The molecule has 144 valence electrons. The fourth-order valence-electron chi connectivity index (χ4n) is 3.85. The van der Waals surface area contributed by atoms with Gasteiger partial charge in [0, 0.05) is 41.8 Å². The lowest BCUT2D eigenvalue weighted by Gasteiger charge is -2.22. The highest BCUT2D eigenvalue weighted by atomic mass is 79.9. The molecule has 2 aromatic carbocycles. The van der Waals surface area contributed by atoms with E-state index in [2.05, 4.69) is 15.9 Å². The Labute approximate surface area is 170 Å². The molecule has 28 heavy (non-hydrogen) atoms. The second-order valence-corrected chi connectivity index (χ2v) is 8.00. The minimum Gasteiger partial charge on any atom is -0.312 e. The van der Waals surface area contributed by atoms with Gasteiger partial charge in [-0.15, -0.1) is 0 Å². The summed E-state index contributed by atoms with van der Waals surface area (Å²) in [5.74, 6) is -0.691. The summed E-state index contributed by atoms with van der Waals surface area (Å²) in [6, 6.07) is 10.3. The average Bonchev–Trinajstić information content (AvgIpc) is 3.26. The second-order valence-electron chi connectivity index (χ2n) is 7.15. The van der Waals surface area contributed by atoms with Crippen molar-refractivity contribution in [3.63, 3.8) is 0 Å². The van der Waals surface area contributed by atoms with Crippen LogP contribution in [0.5, 0.6) is 0 Å². The Balaban J connectivity index is 1.56. The minimum absolute atomic E-state index is 0.0343. The number of rotatable bonds is 3. The van der Waals surface area contributed by atoms with E-state index >= 15 is 0 Å². The number of hydrogen-bond donors (Lipinski definition) is 0. The molecule has 0 N–H and O–H groups in total. The van der Waals surface area contributed by atoms with Crippen LogP contribution in [0.2, 0.25) is 0 Å². The van der Waals surface area contributed by atoms with Crippen LogP contribution in [0, 0.1) is 23.0 Å². The van der Waals surface area contributed by atoms with E-state index in [9.17, 15) is 19.7 Å². The van der Waals surface area contributed by atoms with Gasteiger partial charge in [-0.3, -0.25) is 19.7 Å². The lowest BCUT2D eigenvalue weighted by molar-refractivity contribution is -0.384. The van der Waals surface area contributed by atoms with Crippen molar-refractivity contribution in [2.75, 3.05) is 22.9 Å². The predicted molar refractivity (Wildman–Crippen MR) is 108 cm³/mol. The number of hydrogen-bond acceptors (Lipinski definition) is 4. The molecule has 1 saturated heterocycles. The van der Waals surface area contributed by atoms with E-state index < -0.39 is 10.8 Å². The third-order valence-electron chi connectivity index (χ3n) is 5.37. The fourth-order valence-corrected chi connectivity index (χ4v) is 4.10. The number of benzene rings is 2. The maximum atomic E-state index is 13.1. The van der Waals surface area contributed by atoms with Gasteiger partial charge in [0.25, 0.3) is 5.69 Å². The highest BCUT2D eigenvalue weighted by Gasteiger charge is 2.39. The normalized spacial score (nSPS) is 18.5. The lowest BCUT2D eigenvalue weighted by Crippen LogP contribution is -2.36. The van der Waals surface area contributed by atoms with E-state index in [1.165, 1.54) is 12.1 Å². The summed E-state index contributed by atoms with van der Waals surface area (Å²) in [6.07, 6.45) is 0.810. The monoisotopic (exact) mass is 443 g/mol. The van der Waals surface area contributed by atoms with E-state index in [0.29, 0.717) is 25.2 Å². The van der Waals surface area contributed by atoms with Gasteiger partial charge in [0.1, 0.15) is 0 Å². The molecule has 2 heterocycles. The Kier molecular flexibility index (Phi) is 4.66. The molecule has 1 unspecified atom stereocenters. The van der Waals surface area contributed by atoms with Crippen molar-refractivity contribution in [1.82, 2.24) is 0 Å². The van der Waals surface area contributed by atoms with E-state index in [1.54, 1.807) is 15.9 Å². The highest BCUT2D eigenvalue weighted by Crippen LogP contribution is 2.35. The quantitative estimate of drug-likeness (QED) is 0.535. The molecule has 2 amide bonds. The molecule has 0 aliphatic carbocycles. The van der Waals surface area contributed by atoms with Crippen molar-refractivity contribution in [2.24, 2.45) is 5.92 Å². The number of carbonyl (C=O) groups excluding carboxylic acids is 2. The summed E-state index contributed by atoms with van der Waals surface area (Å²) >= 11 is 3.45. The summed E-state index contributed by atoms with van der Waals surface area (Å²) in [4.78, 5) is 39.5. The molecule has 0 spiro atoms. The summed E-state index contributed by atoms with van der Waals surface area (Å²) < 4.78 is 0.964. The average molecular weight is 444 g/mol. The second kappa shape index (κ2) is 7.01. The van der Waals surface area contributed by atoms with Crippen molar-refractivity contribution >= 4 is 44.8 Å². The standard InChI is InChI=1S/C20H18BrN3O4/c1-12-8-15(4-5-17(12)21)23-11-14(9-19(23)25)20(26)22-7-6-13-2-3-16(24(27)28)10-18(13)22/h2-5,8,10,14H,6-7,9,11H2,1H3. The molecule has 0 radical (unpaired) electrons. The van der Waals surface area contributed by atoms with Gasteiger partial charge < -0.3 is 9.80 Å². The molecule has 1 atom stereocenters. The van der Waals surface area contributed by atoms with Crippen molar-refractivity contribution in [2.45, 2.75) is 19.8 Å². The van der Waals surface area contributed by atoms with E-state index in [4.69, 9.17) is 0 Å². The first-order valence-electron chi connectivity index (χ1n) is 9.00. The van der Waals surface area contributed by atoms with Crippen LogP contribution in [0.25, 0.3) is 0 Å². The first-order chi connectivity index (χ1) is 13.3. The molecule has 4 rings (SSSR count). The molecule has 8 heteroatoms. The smallest absolute Gasteiger partial charge is 0.271 e. The number of carbonyl (C=O) groups is 2. The first kappa shape index (κ1) is 18.6. The van der Waals surface area contributed by atoms with Crippen LogP contribution >= 0.6 is 15.9 Å². The van der Waals surface area contributed by atoms with Crippen molar-refractivity contribution in [3.8, 4) is 0 Å². The zero-order valence-corrected chi connectivity index (χ0v) is 16.8. The van der Waals surface area contributed by atoms with Crippen LogP contribution < -0.4 is 9.80 Å². The Morgan fingerprint density at radius 2 is 2.04 bits per heavy atom. The van der Waals surface area contributed by atoms with Crippen LogP contribution in [-0.4, -0.2) is 29.8 Å². The molecular formula is C20H18BrN3O4. The van der Waals surface area contributed by atoms with Crippen LogP contribution in [0.15, 0.2) is 40.9 Å². The van der Waals surface area contributed by atoms with Gasteiger partial charge in [-0.1, -0.05) is 22.0 Å². The van der Waals surface area contributed by atoms with Crippen LogP contribution in [0.1, 0.15) is 17.5 Å². The topological polar surface area (TPSA) is 83.8 Å². The van der Waals surface area contributed by atoms with Crippen LogP contribution in [0.4, 0.5) is 17.1 Å². The molecular weight excluding hydrogens is 426 g/mol. The largest absolute Gasteiger partial charge is 0.312 e. The molecule has 7 nitrogen and oxygen atoms in total. The first-order valence-corrected chi connectivity index (χ1v) is 9.79. The molecule has 2 aromatic rings. The van der Waals surface area contributed by atoms with Gasteiger partial charge in [-0.05, 0) is 42.7 Å². The number of amides is 2. The minimum atomic E-state index is -0.460. The summed E-state index contributed by atoms with van der Waals surface area (Å²) in [5.41, 5.74) is 3.26. The van der Waals surface area contributed by atoms with Gasteiger partial charge in [0.05, 0.1) is 16.5 Å². The summed E-state index contributed by atoms with van der Waals surface area (Å²) in [7, 11) is 0. The third kappa shape index (κ3) is 3.17. The van der Waals surface area contributed by atoms with Gasteiger partial charge in [-0.25, -0.2) is 0 Å². The molecule has 0 saturated carbocycles. The third-order valence-corrected chi connectivity index (χ3v) is 6.26. The zero-order valence-electron chi connectivity index (χ0n) is 15.2. The maximum Gasteiger partial charge on any atom is 0.271 e. The highest BCUT2D eigenvalue weighted by molar-refractivity contribution is 9.10. The van der Waals surface area contributed by atoms with Crippen molar-refractivity contribution in [1.29, 1.82) is 0 Å². The SMILES string of the molecule is Cc1cc(N2CC(C(=O)N3CCc4ccc([N+](=O)[O-])cc43)CC2=O)ccc1Br. The Bertz CT molecular complexity index is 1010. The Morgan fingerprint density at radius 1 is 1.25 bits per heavy atom. The molecule has 0 bridgehead atoms. The van der Waals surface area contributed by atoms with Crippen LogP contribution in [-0.2, 0) is 16.0 Å². The van der Waals surface area contributed by atoms with Gasteiger partial charge >= 0.3 is 0 Å². The van der Waals surface area contributed by atoms with Gasteiger partial charge in [-0.2, -0.15) is 0 Å².